The van der Waals surface area contributed by atoms with Gasteiger partial charge in [-0.2, -0.15) is 0 Å². The summed E-state index contributed by atoms with van der Waals surface area (Å²) >= 11 is 0. The van der Waals surface area contributed by atoms with Gasteiger partial charge in [0.15, 0.2) is 11.5 Å². The predicted molar refractivity (Wildman–Crippen MR) is 88.5 cm³/mol. The summed E-state index contributed by atoms with van der Waals surface area (Å²) in [6.45, 7) is 4.03. The third kappa shape index (κ3) is 3.64. The van der Waals surface area contributed by atoms with Crippen molar-refractivity contribution in [1.82, 2.24) is 10.3 Å². The van der Waals surface area contributed by atoms with E-state index in [1.54, 1.807) is 12.1 Å². The second-order valence-electron chi connectivity index (χ2n) is 6.25. The van der Waals surface area contributed by atoms with Crippen LogP contribution < -0.4 is 10.6 Å². The number of anilines is 1. The van der Waals surface area contributed by atoms with Crippen LogP contribution in [-0.2, 0) is 0 Å². The van der Waals surface area contributed by atoms with Gasteiger partial charge in [-0.15, -0.1) is 0 Å². The van der Waals surface area contributed by atoms with E-state index in [1.165, 1.54) is 0 Å². The van der Waals surface area contributed by atoms with Crippen molar-refractivity contribution in [1.29, 1.82) is 0 Å². The van der Waals surface area contributed by atoms with Gasteiger partial charge in [0.25, 0.3) is 0 Å². The molecule has 2 aromatic rings. The Labute approximate surface area is 135 Å². The summed E-state index contributed by atoms with van der Waals surface area (Å²) in [6.07, 6.45) is 3.46. The number of rotatable bonds is 6. The second kappa shape index (κ2) is 6.20. The van der Waals surface area contributed by atoms with E-state index in [4.69, 9.17) is 4.42 Å². The first kappa shape index (κ1) is 15.8. The van der Waals surface area contributed by atoms with Gasteiger partial charge in [0.05, 0.1) is 5.60 Å². The Morgan fingerprint density at radius 1 is 1.39 bits per heavy atom. The van der Waals surface area contributed by atoms with Crippen LogP contribution in [0.25, 0.3) is 11.1 Å². The Bertz CT molecular complexity index is 702. The van der Waals surface area contributed by atoms with Crippen molar-refractivity contribution in [3.8, 4) is 0 Å². The fraction of sp³-hybridized carbons (Fsp3) is 0.529. The zero-order valence-electron chi connectivity index (χ0n) is 13.6. The fourth-order valence-electron chi connectivity index (χ4n) is 2.45. The third-order valence-electron chi connectivity index (χ3n) is 4.48. The molecule has 1 aliphatic rings. The molecular formula is C17H23N3O3. The molecule has 1 saturated carbocycles. The SMILES string of the molecule is CCC(O)(CC)CNC(=O)Nc1ccc2nc(C3CC3)oc2c1. The van der Waals surface area contributed by atoms with Crippen molar-refractivity contribution < 1.29 is 14.3 Å². The lowest BCUT2D eigenvalue weighted by Gasteiger charge is -2.25. The van der Waals surface area contributed by atoms with Crippen LogP contribution in [-0.4, -0.2) is 28.3 Å². The summed E-state index contributed by atoms with van der Waals surface area (Å²) in [4.78, 5) is 16.4. The monoisotopic (exact) mass is 317 g/mol. The molecule has 3 rings (SSSR count). The van der Waals surface area contributed by atoms with E-state index >= 15 is 0 Å². The standard InChI is InChI=1S/C17H23N3O3/c1-3-17(22,4-2)10-18-16(21)19-12-7-8-13-14(9-12)23-15(20-13)11-5-6-11/h7-9,11,22H,3-6,10H2,1-2H3,(H2,18,19,21). The zero-order valence-corrected chi connectivity index (χ0v) is 13.6. The van der Waals surface area contributed by atoms with E-state index in [2.05, 4.69) is 15.6 Å². The van der Waals surface area contributed by atoms with Crippen LogP contribution in [0.4, 0.5) is 10.5 Å². The summed E-state index contributed by atoms with van der Waals surface area (Å²) in [7, 11) is 0. The minimum absolute atomic E-state index is 0.224. The van der Waals surface area contributed by atoms with E-state index in [-0.39, 0.29) is 12.6 Å². The lowest BCUT2D eigenvalue weighted by atomic mass is 9.98. The summed E-state index contributed by atoms with van der Waals surface area (Å²) in [5.41, 5.74) is 1.28. The van der Waals surface area contributed by atoms with Gasteiger partial charge in [-0.05, 0) is 37.8 Å². The number of benzene rings is 1. The van der Waals surface area contributed by atoms with E-state index in [9.17, 15) is 9.90 Å². The number of nitrogens with zero attached hydrogens (tertiary/aromatic N) is 1. The maximum atomic E-state index is 12.0. The van der Waals surface area contributed by atoms with Crippen LogP contribution in [0.5, 0.6) is 0 Å². The molecule has 1 aromatic heterocycles. The number of carbonyl (C=O) groups excluding carboxylic acids is 1. The van der Waals surface area contributed by atoms with Crippen molar-refractivity contribution in [3.63, 3.8) is 0 Å². The van der Waals surface area contributed by atoms with Gasteiger partial charge in [0.1, 0.15) is 5.52 Å². The number of aliphatic hydroxyl groups is 1. The van der Waals surface area contributed by atoms with E-state index < -0.39 is 5.60 Å². The highest BCUT2D eigenvalue weighted by Crippen LogP contribution is 2.40. The van der Waals surface area contributed by atoms with Gasteiger partial charge in [-0.25, -0.2) is 9.78 Å². The number of carbonyl (C=O) groups is 1. The van der Waals surface area contributed by atoms with Crippen LogP contribution in [0.2, 0.25) is 0 Å². The van der Waals surface area contributed by atoms with Crippen molar-refractivity contribution >= 4 is 22.8 Å². The molecule has 6 nitrogen and oxygen atoms in total. The number of oxazole rings is 1. The summed E-state index contributed by atoms with van der Waals surface area (Å²) < 4.78 is 5.74. The molecule has 0 saturated heterocycles. The predicted octanol–water partition coefficient (Wildman–Crippen LogP) is 3.38. The molecule has 0 atom stereocenters. The number of hydrogen-bond donors (Lipinski definition) is 3. The lowest BCUT2D eigenvalue weighted by molar-refractivity contribution is 0.0354. The number of nitrogens with one attached hydrogen (secondary N) is 2. The van der Waals surface area contributed by atoms with Crippen LogP contribution >= 0.6 is 0 Å². The van der Waals surface area contributed by atoms with Crippen molar-refractivity contribution in [2.75, 3.05) is 11.9 Å². The van der Waals surface area contributed by atoms with Crippen LogP contribution in [0.1, 0.15) is 51.3 Å². The van der Waals surface area contributed by atoms with Crippen molar-refractivity contribution in [2.45, 2.75) is 51.0 Å². The Balaban J connectivity index is 1.62. The molecule has 0 radical (unpaired) electrons. The van der Waals surface area contributed by atoms with Crippen LogP contribution in [0.3, 0.4) is 0 Å². The molecule has 3 N–H and O–H groups in total. The molecule has 0 spiro atoms. The number of aromatic nitrogens is 1. The Morgan fingerprint density at radius 2 is 2.13 bits per heavy atom. The number of hydrogen-bond acceptors (Lipinski definition) is 4. The summed E-state index contributed by atoms with van der Waals surface area (Å²) in [5, 5.41) is 15.6. The molecule has 1 fully saturated rings. The van der Waals surface area contributed by atoms with Gasteiger partial charge in [0, 0.05) is 24.2 Å². The molecule has 1 heterocycles. The van der Waals surface area contributed by atoms with E-state index in [0.29, 0.717) is 30.0 Å². The molecule has 124 valence electrons. The molecular weight excluding hydrogens is 294 g/mol. The largest absolute Gasteiger partial charge is 0.440 e. The van der Waals surface area contributed by atoms with Gasteiger partial charge >= 0.3 is 6.03 Å². The third-order valence-corrected chi connectivity index (χ3v) is 4.48. The first-order valence-corrected chi connectivity index (χ1v) is 8.20. The highest BCUT2D eigenvalue weighted by atomic mass is 16.3. The van der Waals surface area contributed by atoms with Crippen molar-refractivity contribution in [3.05, 3.63) is 24.1 Å². The second-order valence-corrected chi connectivity index (χ2v) is 6.25. The molecule has 1 aliphatic carbocycles. The van der Waals surface area contributed by atoms with Gasteiger partial charge < -0.3 is 20.2 Å². The smallest absolute Gasteiger partial charge is 0.319 e. The average Bonchev–Trinajstić information content (AvgIpc) is 3.32. The first-order valence-electron chi connectivity index (χ1n) is 8.20. The highest BCUT2D eigenvalue weighted by Gasteiger charge is 2.29. The number of urea groups is 1. The molecule has 6 heteroatoms. The molecule has 0 unspecified atom stereocenters. The quantitative estimate of drug-likeness (QED) is 0.762. The van der Waals surface area contributed by atoms with Gasteiger partial charge in [-0.1, -0.05) is 13.8 Å². The van der Waals surface area contributed by atoms with Gasteiger partial charge in [-0.3, -0.25) is 0 Å². The minimum atomic E-state index is -0.856. The van der Waals surface area contributed by atoms with Gasteiger partial charge in [0.2, 0.25) is 0 Å². The average molecular weight is 317 g/mol. The maximum absolute atomic E-state index is 12.0. The zero-order chi connectivity index (χ0) is 16.4. The molecule has 0 aliphatic heterocycles. The normalized spacial score (nSPS) is 14.9. The Morgan fingerprint density at radius 3 is 2.78 bits per heavy atom. The number of amides is 2. The Hall–Kier alpha value is -2.08. The maximum Gasteiger partial charge on any atom is 0.319 e. The van der Waals surface area contributed by atoms with E-state index in [1.807, 2.05) is 19.9 Å². The summed E-state index contributed by atoms with van der Waals surface area (Å²) in [5.74, 6) is 1.25. The lowest BCUT2D eigenvalue weighted by Crippen LogP contribution is -2.43. The molecule has 1 aromatic carbocycles. The first-order chi connectivity index (χ1) is 11.0. The summed E-state index contributed by atoms with van der Waals surface area (Å²) in [6, 6.07) is 5.08. The molecule has 23 heavy (non-hydrogen) atoms. The van der Waals surface area contributed by atoms with Crippen molar-refractivity contribution in [2.24, 2.45) is 0 Å². The fourth-order valence-corrected chi connectivity index (χ4v) is 2.45. The molecule has 2 amide bonds. The Kier molecular flexibility index (Phi) is 4.26. The minimum Gasteiger partial charge on any atom is -0.440 e. The topological polar surface area (TPSA) is 87.4 Å². The van der Waals surface area contributed by atoms with E-state index in [0.717, 1.165) is 24.2 Å². The van der Waals surface area contributed by atoms with Crippen LogP contribution in [0, 0.1) is 0 Å². The highest BCUT2D eigenvalue weighted by molar-refractivity contribution is 5.91. The molecule has 0 bridgehead atoms. The van der Waals surface area contributed by atoms with Crippen LogP contribution in [0.15, 0.2) is 22.6 Å². The number of fused-ring (bicyclic) bond motifs is 1.